The summed E-state index contributed by atoms with van der Waals surface area (Å²) in [5, 5.41) is 0. The summed E-state index contributed by atoms with van der Waals surface area (Å²) >= 11 is 0. The van der Waals surface area contributed by atoms with Gasteiger partial charge in [-0.3, -0.25) is 25.2 Å². The van der Waals surface area contributed by atoms with Crippen LogP contribution in [0.3, 0.4) is 0 Å². The summed E-state index contributed by atoms with van der Waals surface area (Å²) < 4.78 is 65.3. The number of hydrogen-bond acceptors (Lipinski definition) is 4. The van der Waals surface area contributed by atoms with E-state index in [4.69, 9.17) is 0 Å². The van der Waals surface area contributed by atoms with Crippen LogP contribution in [0.25, 0.3) is 0 Å². The van der Waals surface area contributed by atoms with Crippen molar-refractivity contribution in [2.45, 2.75) is 24.4 Å². The highest BCUT2D eigenvalue weighted by Gasteiger charge is 2.30. The first kappa shape index (κ1) is 21.2. The molecule has 2 aromatic rings. The summed E-state index contributed by atoms with van der Waals surface area (Å²) in [5.41, 5.74) is 2.91. The van der Waals surface area contributed by atoms with Gasteiger partial charge in [-0.25, -0.2) is 8.42 Å². The first-order valence-corrected chi connectivity index (χ1v) is 9.40. The minimum Gasteiger partial charge on any atom is -0.280 e. The molecule has 0 atom stereocenters. The Bertz CT molecular complexity index is 991. The third-order valence-corrected chi connectivity index (χ3v) is 4.86. The summed E-state index contributed by atoms with van der Waals surface area (Å²) in [6.07, 6.45) is -4.49. The number of nitrogens with one attached hydrogen (secondary N) is 3. The highest BCUT2D eigenvalue weighted by atomic mass is 32.2. The van der Waals surface area contributed by atoms with Crippen molar-refractivity contribution in [1.29, 1.82) is 0 Å². The van der Waals surface area contributed by atoms with E-state index in [9.17, 15) is 31.2 Å². The van der Waals surface area contributed by atoms with Gasteiger partial charge in [0.25, 0.3) is 15.9 Å². The van der Waals surface area contributed by atoms with Gasteiger partial charge in [0.2, 0.25) is 5.91 Å². The van der Waals surface area contributed by atoms with Crippen LogP contribution in [-0.4, -0.2) is 20.2 Å². The van der Waals surface area contributed by atoms with E-state index in [1.807, 2.05) is 4.72 Å². The smallest absolute Gasteiger partial charge is 0.280 e. The van der Waals surface area contributed by atoms with E-state index >= 15 is 0 Å². The average Bonchev–Trinajstić information content (AvgIpc) is 2.65. The summed E-state index contributed by atoms with van der Waals surface area (Å²) in [7, 11) is -4.25. The molecule has 2 rings (SSSR count). The quantitative estimate of drug-likeness (QED) is 0.653. The molecule has 3 N–H and O–H groups in total. The van der Waals surface area contributed by atoms with Crippen molar-refractivity contribution in [3.8, 4) is 0 Å². The van der Waals surface area contributed by atoms with Crippen LogP contribution in [0.2, 0.25) is 0 Å². The number of carbonyl (C=O) groups is 2. The predicted octanol–water partition coefficient (Wildman–Crippen LogP) is 2.68. The van der Waals surface area contributed by atoms with Crippen molar-refractivity contribution in [2.75, 3.05) is 4.72 Å². The number of hydrogen-bond donors (Lipinski definition) is 3. The molecule has 0 spiro atoms. The second kappa shape index (κ2) is 8.30. The number of carbonyl (C=O) groups excluding carboxylic acids is 2. The molecule has 0 saturated heterocycles. The first-order chi connectivity index (χ1) is 13.0. The third kappa shape index (κ3) is 5.46. The van der Waals surface area contributed by atoms with Gasteiger partial charge in [-0.2, -0.15) is 13.2 Å². The molecule has 0 heterocycles. The number of anilines is 1. The molecule has 2 amide bonds. The zero-order valence-electron chi connectivity index (χ0n) is 14.5. The van der Waals surface area contributed by atoms with E-state index in [1.54, 1.807) is 6.92 Å². The van der Waals surface area contributed by atoms with Gasteiger partial charge in [0, 0.05) is 17.7 Å². The zero-order valence-corrected chi connectivity index (χ0v) is 15.3. The fraction of sp³-hybridized carbons (Fsp3) is 0.176. The number of benzene rings is 2. The number of rotatable bonds is 5. The predicted molar refractivity (Wildman–Crippen MR) is 94.6 cm³/mol. The van der Waals surface area contributed by atoms with E-state index < -0.39 is 33.6 Å². The largest absolute Gasteiger partial charge is 0.416 e. The van der Waals surface area contributed by atoms with Crippen LogP contribution in [0.15, 0.2) is 53.4 Å². The average molecular weight is 415 g/mol. The van der Waals surface area contributed by atoms with Crippen LogP contribution >= 0.6 is 0 Å². The van der Waals surface area contributed by atoms with Crippen molar-refractivity contribution in [3.05, 3.63) is 59.7 Å². The fourth-order valence-electron chi connectivity index (χ4n) is 2.06. The number of alkyl halides is 3. The van der Waals surface area contributed by atoms with Crippen LogP contribution in [0, 0.1) is 0 Å². The van der Waals surface area contributed by atoms with E-state index in [2.05, 4.69) is 10.9 Å². The second-order valence-electron chi connectivity index (χ2n) is 5.57. The molecular weight excluding hydrogens is 399 g/mol. The second-order valence-corrected chi connectivity index (χ2v) is 7.25. The van der Waals surface area contributed by atoms with Crippen LogP contribution < -0.4 is 15.6 Å². The molecule has 0 radical (unpaired) electrons. The molecule has 28 heavy (non-hydrogen) atoms. The van der Waals surface area contributed by atoms with E-state index in [0.717, 1.165) is 18.2 Å². The molecule has 0 aliphatic carbocycles. The van der Waals surface area contributed by atoms with Gasteiger partial charge in [0.15, 0.2) is 0 Å². The number of sulfonamides is 1. The van der Waals surface area contributed by atoms with Gasteiger partial charge >= 0.3 is 6.18 Å². The van der Waals surface area contributed by atoms with E-state index in [-0.39, 0.29) is 22.6 Å². The third-order valence-electron chi connectivity index (χ3n) is 3.49. The Morgan fingerprint density at radius 1 is 1.00 bits per heavy atom. The SMILES string of the molecule is CCC(=O)NNC(=O)c1cccc(S(=O)(=O)Nc2cccc(C(F)(F)F)c2)c1. The van der Waals surface area contributed by atoms with Crippen molar-refractivity contribution >= 4 is 27.5 Å². The van der Waals surface area contributed by atoms with Gasteiger partial charge in [-0.05, 0) is 36.4 Å². The zero-order chi connectivity index (χ0) is 20.9. The first-order valence-electron chi connectivity index (χ1n) is 7.92. The lowest BCUT2D eigenvalue weighted by molar-refractivity contribution is -0.137. The standard InChI is InChI=1S/C17H16F3N3O4S/c1-2-15(24)21-22-16(25)11-5-3-8-14(9-11)28(26,27)23-13-7-4-6-12(10-13)17(18,19)20/h3-10,23H,2H2,1H3,(H,21,24)(H,22,25). The van der Waals surface area contributed by atoms with Gasteiger partial charge in [0.1, 0.15) is 0 Å². The van der Waals surface area contributed by atoms with Crippen LogP contribution in [0.1, 0.15) is 29.3 Å². The highest BCUT2D eigenvalue weighted by molar-refractivity contribution is 7.92. The summed E-state index contributed by atoms with van der Waals surface area (Å²) in [6, 6.07) is 8.53. The lowest BCUT2D eigenvalue weighted by Gasteiger charge is -2.12. The van der Waals surface area contributed by atoms with Gasteiger partial charge in [-0.1, -0.05) is 19.1 Å². The molecule has 11 heteroatoms. The van der Waals surface area contributed by atoms with Gasteiger partial charge in [0.05, 0.1) is 10.5 Å². The normalized spacial score (nSPS) is 11.6. The van der Waals surface area contributed by atoms with E-state index in [0.29, 0.717) is 6.07 Å². The Morgan fingerprint density at radius 3 is 2.32 bits per heavy atom. The summed E-state index contributed by atoms with van der Waals surface area (Å²) in [5.74, 6) is -1.19. The lowest BCUT2D eigenvalue weighted by atomic mass is 10.2. The molecule has 2 aromatic carbocycles. The lowest BCUT2D eigenvalue weighted by Crippen LogP contribution is -2.41. The summed E-state index contributed by atoms with van der Waals surface area (Å²) in [4.78, 5) is 22.8. The molecule has 150 valence electrons. The van der Waals surface area contributed by atoms with Crippen LogP contribution in [-0.2, 0) is 21.0 Å². The highest BCUT2D eigenvalue weighted by Crippen LogP contribution is 2.31. The Morgan fingerprint density at radius 2 is 1.68 bits per heavy atom. The minimum atomic E-state index is -4.62. The van der Waals surface area contributed by atoms with Crippen molar-refractivity contribution in [3.63, 3.8) is 0 Å². The summed E-state index contributed by atoms with van der Waals surface area (Å²) in [6.45, 7) is 1.58. The number of amides is 2. The Kier molecular flexibility index (Phi) is 6.29. The molecule has 0 aromatic heterocycles. The van der Waals surface area contributed by atoms with Crippen molar-refractivity contribution in [2.24, 2.45) is 0 Å². The van der Waals surface area contributed by atoms with Crippen molar-refractivity contribution < 1.29 is 31.2 Å². The Balaban J connectivity index is 2.22. The van der Waals surface area contributed by atoms with Crippen LogP contribution in [0.4, 0.5) is 18.9 Å². The fourth-order valence-corrected chi connectivity index (χ4v) is 3.16. The topological polar surface area (TPSA) is 104 Å². The van der Waals surface area contributed by atoms with Crippen molar-refractivity contribution in [1.82, 2.24) is 10.9 Å². The molecule has 0 fully saturated rings. The monoisotopic (exact) mass is 415 g/mol. The molecule has 7 nitrogen and oxygen atoms in total. The molecule has 0 bridgehead atoms. The van der Waals surface area contributed by atoms with Crippen LogP contribution in [0.5, 0.6) is 0 Å². The maximum atomic E-state index is 12.8. The van der Waals surface area contributed by atoms with E-state index in [1.165, 1.54) is 24.3 Å². The number of halogens is 3. The molecular formula is C17H16F3N3O4S. The molecule has 0 unspecified atom stereocenters. The van der Waals surface area contributed by atoms with Gasteiger partial charge in [-0.15, -0.1) is 0 Å². The number of hydrazine groups is 1. The van der Waals surface area contributed by atoms with Gasteiger partial charge < -0.3 is 0 Å². The maximum absolute atomic E-state index is 12.8. The Labute approximate surface area is 159 Å². The molecule has 0 saturated carbocycles. The molecule has 0 aliphatic heterocycles. The molecule has 0 aliphatic rings. The Hall–Kier alpha value is -3.08. The maximum Gasteiger partial charge on any atom is 0.416 e. The minimum absolute atomic E-state index is 0.0664.